The number of allylic oxidation sites excluding steroid dienone is 1. The molecule has 0 aliphatic carbocycles. The highest BCUT2D eigenvalue weighted by molar-refractivity contribution is 5.77. The molecule has 1 amide bonds. The minimum Gasteiger partial charge on any atom is -0.495 e. The number of hydrogen-bond donors (Lipinski definition) is 1. The molecule has 0 radical (unpaired) electrons. The fraction of sp³-hybridized carbons (Fsp3) is 0.824. The van der Waals surface area contributed by atoms with Gasteiger partial charge >= 0.3 is 0 Å². The van der Waals surface area contributed by atoms with Crippen LogP contribution in [0, 0.1) is 11.8 Å². The summed E-state index contributed by atoms with van der Waals surface area (Å²) in [6, 6.07) is 0. The van der Waals surface area contributed by atoms with Gasteiger partial charge in [-0.1, -0.05) is 34.6 Å². The first kappa shape index (κ1) is 19.0. The zero-order valence-electron chi connectivity index (χ0n) is 14.5. The van der Waals surface area contributed by atoms with Crippen molar-refractivity contribution in [3.05, 3.63) is 12.3 Å². The second-order valence-corrected chi connectivity index (χ2v) is 7.10. The van der Waals surface area contributed by atoms with E-state index in [9.17, 15) is 4.79 Å². The maximum atomic E-state index is 12.2. The molecule has 0 spiro atoms. The second kappa shape index (κ2) is 7.70. The highest BCUT2D eigenvalue weighted by atomic mass is 16.5. The van der Waals surface area contributed by atoms with E-state index in [1.54, 1.807) is 6.26 Å². The van der Waals surface area contributed by atoms with Gasteiger partial charge in [0.1, 0.15) is 5.60 Å². The Hall–Kier alpha value is -0.990. The minimum absolute atomic E-state index is 0.0472. The van der Waals surface area contributed by atoms with Crippen LogP contribution in [0.15, 0.2) is 12.3 Å². The molecule has 20 heavy (non-hydrogen) atoms. The summed E-state index contributed by atoms with van der Waals surface area (Å²) in [5, 5.41) is 3.15. The Bertz CT molecular complexity index is 332. The van der Waals surface area contributed by atoms with Crippen LogP contribution in [-0.4, -0.2) is 17.0 Å². The fourth-order valence-corrected chi connectivity index (χ4v) is 1.81. The van der Waals surface area contributed by atoms with Crippen LogP contribution in [0.3, 0.4) is 0 Å². The zero-order valence-corrected chi connectivity index (χ0v) is 14.5. The van der Waals surface area contributed by atoms with E-state index in [4.69, 9.17) is 4.74 Å². The van der Waals surface area contributed by atoms with Crippen molar-refractivity contribution in [2.45, 2.75) is 79.4 Å². The van der Waals surface area contributed by atoms with E-state index in [2.05, 4.69) is 46.9 Å². The molecule has 1 N–H and O–H groups in total. The molecular weight excluding hydrogens is 250 g/mol. The molecule has 0 heterocycles. The van der Waals surface area contributed by atoms with Crippen molar-refractivity contribution in [1.82, 2.24) is 5.32 Å². The number of hydrogen-bond acceptors (Lipinski definition) is 2. The molecule has 0 saturated heterocycles. The maximum Gasteiger partial charge on any atom is 0.224 e. The van der Waals surface area contributed by atoms with E-state index in [0.717, 1.165) is 6.42 Å². The number of ether oxygens (including phenoxy) is 1. The Labute approximate surface area is 125 Å². The van der Waals surface area contributed by atoms with Crippen molar-refractivity contribution in [3.63, 3.8) is 0 Å². The van der Waals surface area contributed by atoms with E-state index in [1.165, 1.54) is 0 Å². The summed E-state index contributed by atoms with van der Waals surface area (Å²) in [4.78, 5) is 12.2. The third-order valence-corrected chi connectivity index (χ3v) is 3.87. The minimum atomic E-state index is -0.485. The molecule has 1 unspecified atom stereocenters. The Kier molecular flexibility index (Phi) is 7.32. The lowest BCUT2D eigenvalue weighted by molar-refractivity contribution is -0.127. The van der Waals surface area contributed by atoms with Crippen LogP contribution in [0.25, 0.3) is 0 Å². The molecule has 0 saturated carbocycles. The summed E-state index contributed by atoms with van der Waals surface area (Å²) in [7, 11) is 0. The van der Waals surface area contributed by atoms with Gasteiger partial charge in [0.2, 0.25) is 5.91 Å². The van der Waals surface area contributed by atoms with Crippen molar-refractivity contribution in [1.29, 1.82) is 0 Å². The molecule has 0 aliphatic rings. The number of rotatable bonds is 8. The van der Waals surface area contributed by atoms with Crippen LogP contribution in [0.4, 0.5) is 0 Å². The zero-order chi connectivity index (χ0) is 16.0. The van der Waals surface area contributed by atoms with Crippen LogP contribution >= 0.6 is 0 Å². The lowest BCUT2D eigenvalue weighted by Crippen LogP contribution is -2.50. The van der Waals surface area contributed by atoms with E-state index < -0.39 is 5.60 Å². The lowest BCUT2D eigenvalue weighted by Gasteiger charge is -2.35. The SMILES string of the molecule is CCC(C)(NC(=O)CC(C)(C)O/C=C/C(C)C)C(C)C. The first-order valence-electron chi connectivity index (χ1n) is 7.68. The van der Waals surface area contributed by atoms with Crippen LogP contribution < -0.4 is 5.32 Å². The standard InChI is InChI=1S/C17H33NO2/c1-9-17(8,14(4)5)18-15(19)12-16(6,7)20-11-10-13(2)3/h10-11,13-14H,9,12H2,1-8H3,(H,18,19)/b11-10+. The van der Waals surface area contributed by atoms with E-state index in [1.807, 2.05) is 19.9 Å². The third-order valence-electron chi connectivity index (χ3n) is 3.87. The number of carbonyl (C=O) groups excluding carboxylic acids is 1. The quantitative estimate of drug-likeness (QED) is 0.675. The Morgan fingerprint density at radius 2 is 1.75 bits per heavy atom. The van der Waals surface area contributed by atoms with Gasteiger partial charge in [-0.25, -0.2) is 0 Å². The van der Waals surface area contributed by atoms with Crippen molar-refractivity contribution in [2.75, 3.05) is 0 Å². The van der Waals surface area contributed by atoms with Gasteiger partial charge in [-0.2, -0.15) is 0 Å². The molecule has 0 aromatic rings. The van der Waals surface area contributed by atoms with Gasteiger partial charge in [0, 0.05) is 5.54 Å². The summed E-state index contributed by atoms with van der Waals surface area (Å²) in [6.07, 6.45) is 4.98. The summed E-state index contributed by atoms with van der Waals surface area (Å²) >= 11 is 0. The predicted molar refractivity (Wildman–Crippen MR) is 85.4 cm³/mol. The van der Waals surface area contributed by atoms with E-state index in [-0.39, 0.29) is 11.4 Å². The van der Waals surface area contributed by atoms with Crippen LogP contribution in [-0.2, 0) is 9.53 Å². The summed E-state index contributed by atoms with van der Waals surface area (Å²) in [5.41, 5.74) is -0.637. The molecule has 118 valence electrons. The lowest BCUT2D eigenvalue weighted by atomic mass is 9.85. The van der Waals surface area contributed by atoms with Crippen LogP contribution in [0.5, 0.6) is 0 Å². The Balaban J connectivity index is 4.51. The molecule has 0 fully saturated rings. The number of carbonyl (C=O) groups is 1. The highest BCUT2D eigenvalue weighted by Crippen LogP contribution is 2.22. The molecule has 3 heteroatoms. The van der Waals surface area contributed by atoms with Gasteiger partial charge in [0.15, 0.2) is 0 Å². The molecule has 1 atom stereocenters. The second-order valence-electron chi connectivity index (χ2n) is 7.10. The summed E-state index contributed by atoms with van der Waals surface area (Å²) in [5.74, 6) is 0.899. The van der Waals surface area contributed by atoms with Crippen LogP contribution in [0.2, 0.25) is 0 Å². The third kappa shape index (κ3) is 6.97. The maximum absolute atomic E-state index is 12.2. The first-order valence-corrected chi connectivity index (χ1v) is 7.68. The number of nitrogens with one attached hydrogen (secondary N) is 1. The number of amides is 1. The fourth-order valence-electron chi connectivity index (χ4n) is 1.81. The highest BCUT2D eigenvalue weighted by Gasteiger charge is 2.31. The molecule has 0 aliphatic heterocycles. The normalized spacial score (nSPS) is 15.7. The smallest absolute Gasteiger partial charge is 0.224 e. The van der Waals surface area contributed by atoms with Crippen LogP contribution in [0.1, 0.15) is 68.2 Å². The molecule has 0 bridgehead atoms. The summed E-state index contributed by atoms with van der Waals surface area (Å²) < 4.78 is 5.68. The van der Waals surface area contributed by atoms with E-state index in [0.29, 0.717) is 18.3 Å². The van der Waals surface area contributed by atoms with E-state index >= 15 is 0 Å². The van der Waals surface area contributed by atoms with Gasteiger partial charge in [0.25, 0.3) is 0 Å². The van der Waals surface area contributed by atoms with Gasteiger partial charge in [-0.3, -0.25) is 4.79 Å². The van der Waals surface area contributed by atoms with Gasteiger partial charge in [-0.15, -0.1) is 0 Å². The Morgan fingerprint density at radius 1 is 1.20 bits per heavy atom. The topological polar surface area (TPSA) is 38.3 Å². The Morgan fingerprint density at radius 3 is 2.15 bits per heavy atom. The molecule has 0 aromatic carbocycles. The van der Waals surface area contributed by atoms with Gasteiger partial charge in [0.05, 0.1) is 12.7 Å². The molecule has 0 aromatic heterocycles. The summed E-state index contributed by atoms with van der Waals surface area (Å²) in [6.45, 7) is 16.5. The monoisotopic (exact) mass is 283 g/mol. The predicted octanol–water partition coefficient (Wildman–Crippen LogP) is 4.28. The average molecular weight is 283 g/mol. The van der Waals surface area contributed by atoms with Crippen molar-refractivity contribution >= 4 is 5.91 Å². The van der Waals surface area contributed by atoms with Gasteiger partial charge < -0.3 is 10.1 Å². The molecular formula is C17H33NO2. The first-order chi connectivity index (χ1) is 9.02. The van der Waals surface area contributed by atoms with Crippen molar-refractivity contribution in [3.8, 4) is 0 Å². The molecule has 0 rings (SSSR count). The van der Waals surface area contributed by atoms with Crippen molar-refractivity contribution < 1.29 is 9.53 Å². The van der Waals surface area contributed by atoms with Gasteiger partial charge in [-0.05, 0) is 45.1 Å². The molecule has 3 nitrogen and oxygen atoms in total. The van der Waals surface area contributed by atoms with Crippen molar-refractivity contribution in [2.24, 2.45) is 11.8 Å². The average Bonchev–Trinajstić information content (AvgIpc) is 2.26. The largest absolute Gasteiger partial charge is 0.495 e.